The summed E-state index contributed by atoms with van der Waals surface area (Å²) < 4.78 is 46.0. The number of rotatable bonds is 4. The number of nitrogens with zero attached hydrogens (tertiary/aromatic N) is 1. The molecule has 0 aromatic heterocycles. The Morgan fingerprint density at radius 1 is 1.06 bits per heavy atom. The van der Waals surface area contributed by atoms with Gasteiger partial charge >= 0.3 is 0 Å². The van der Waals surface area contributed by atoms with Crippen LogP contribution in [0, 0.1) is 0 Å². The predicted molar refractivity (Wildman–Crippen MR) is 59.4 cm³/mol. The van der Waals surface area contributed by atoms with Gasteiger partial charge in [0.1, 0.15) is 0 Å². The summed E-state index contributed by atoms with van der Waals surface area (Å²) in [5.41, 5.74) is 0. The summed E-state index contributed by atoms with van der Waals surface area (Å²) in [6.45, 7) is 0. The summed E-state index contributed by atoms with van der Waals surface area (Å²) in [6, 6.07) is 7.51. The lowest BCUT2D eigenvalue weighted by Gasteiger charge is -2.15. The van der Waals surface area contributed by atoms with Gasteiger partial charge in [0.05, 0.1) is 11.2 Å². The zero-order chi connectivity index (χ0) is 12.4. The van der Waals surface area contributed by atoms with Crippen LogP contribution in [0.1, 0.15) is 0 Å². The van der Waals surface area contributed by atoms with E-state index in [0.29, 0.717) is 4.41 Å². The largest absolute Gasteiger partial charge is 0.254 e. The Labute approximate surface area is 95.0 Å². The van der Waals surface area contributed by atoms with Gasteiger partial charge in [-0.05, 0) is 12.1 Å². The van der Waals surface area contributed by atoms with Crippen molar-refractivity contribution in [1.82, 2.24) is 9.25 Å². The van der Waals surface area contributed by atoms with Crippen LogP contribution in [0.5, 0.6) is 0 Å². The highest BCUT2D eigenvalue weighted by atomic mass is 32.2. The summed E-state index contributed by atoms with van der Waals surface area (Å²) in [6.07, 6.45) is 0.903. The fraction of sp³-hybridized carbons (Fsp3) is 0.250. The summed E-state index contributed by atoms with van der Waals surface area (Å²) in [5, 5.41) is 0. The Morgan fingerprint density at radius 3 is 2.00 bits per heavy atom. The fourth-order valence-electron chi connectivity index (χ4n) is 0.889. The molecule has 0 saturated heterocycles. The van der Waals surface area contributed by atoms with Crippen LogP contribution >= 0.6 is 0 Å². The lowest BCUT2D eigenvalue weighted by Crippen LogP contribution is -2.42. The molecule has 0 unspecified atom stereocenters. The zero-order valence-electron chi connectivity index (χ0n) is 8.78. The van der Waals surface area contributed by atoms with Crippen molar-refractivity contribution < 1.29 is 16.8 Å². The zero-order valence-corrected chi connectivity index (χ0v) is 10.4. The second-order valence-electron chi connectivity index (χ2n) is 3.14. The third-order valence-corrected chi connectivity index (χ3v) is 4.41. The minimum Gasteiger partial charge on any atom is -0.211 e. The second kappa shape index (κ2) is 4.50. The van der Waals surface area contributed by atoms with E-state index in [1.807, 2.05) is 4.83 Å². The Balaban J connectivity index is 2.99. The van der Waals surface area contributed by atoms with E-state index < -0.39 is 20.0 Å². The van der Waals surface area contributed by atoms with Gasteiger partial charge in [0, 0.05) is 7.05 Å². The number of hydrogen-bond acceptors (Lipinski definition) is 4. The van der Waals surface area contributed by atoms with E-state index in [1.165, 1.54) is 12.1 Å². The molecule has 0 heterocycles. The van der Waals surface area contributed by atoms with E-state index >= 15 is 0 Å². The maximum absolute atomic E-state index is 11.7. The molecule has 1 aromatic rings. The first-order valence-electron chi connectivity index (χ1n) is 4.25. The molecule has 8 heteroatoms. The molecule has 6 nitrogen and oxygen atoms in total. The van der Waals surface area contributed by atoms with Gasteiger partial charge in [0.15, 0.2) is 0 Å². The Hall–Kier alpha value is -0.960. The topological polar surface area (TPSA) is 83.6 Å². The van der Waals surface area contributed by atoms with Crippen molar-refractivity contribution in [2.24, 2.45) is 0 Å². The van der Waals surface area contributed by atoms with Gasteiger partial charge < -0.3 is 0 Å². The van der Waals surface area contributed by atoms with E-state index in [1.54, 1.807) is 18.2 Å². The monoisotopic (exact) mass is 264 g/mol. The van der Waals surface area contributed by atoms with Crippen LogP contribution in [0.25, 0.3) is 0 Å². The third kappa shape index (κ3) is 3.27. The minimum atomic E-state index is -3.85. The third-order valence-electron chi connectivity index (χ3n) is 1.80. The number of hydrazine groups is 1. The fourth-order valence-corrected chi connectivity index (χ4v) is 2.68. The van der Waals surface area contributed by atoms with Crippen LogP contribution < -0.4 is 4.83 Å². The van der Waals surface area contributed by atoms with Gasteiger partial charge in [0.2, 0.25) is 10.0 Å². The summed E-state index contributed by atoms with van der Waals surface area (Å²) >= 11 is 0. The van der Waals surface area contributed by atoms with Gasteiger partial charge in [-0.25, -0.2) is 16.8 Å². The molecule has 0 atom stereocenters. The first-order chi connectivity index (χ1) is 7.23. The average Bonchev–Trinajstić information content (AvgIpc) is 2.17. The normalized spacial score (nSPS) is 12.9. The maximum Gasteiger partial charge on any atom is 0.254 e. The smallest absolute Gasteiger partial charge is 0.211 e. The van der Waals surface area contributed by atoms with Gasteiger partial charge in [-0.1, -0.05) is 18.2 Å². The van der Waals surface area contributed by atoms with E-state index in [-0.39, 0.29) is 4.90 Å². The van der Waals surface area contributed by atoms with Gasteiger partial charge in [-0.15, -0.1) is 9.25 Å². The molecule has 16 heavy (non-hydrogen) atoms. The van der Waals surface area contributed by atoms with Crippen molar-refractivity contribution in [1.29, 1.82) is 0 Å². The molecular formula is C8H12N2O4S2. The van der Waals surface area contributed by atoms with Crippen LogP contribution in [0.3, 0.4) is 0 Å². The first kappa shape index (κ1) is 13.1. The van der Waals surface area contributed by atoms with Crippen molar-refractivity contribution in [2.75, 3.05) is 13.3 Å². The highest BCUT2D eigenvalue weighted by Crippen LogP contribution is 2.07. The van der Waals surface area contributed by atoms with Crippen LogP contribution in [0.15, 0.2) is 35.2 Å². The molecule has 0 aliphatic heterocycles. The predicted octanol–water partition coefficient (Wildman–Crippen LogP) is -0.229. The molecule has 0 fully saturated rings. The Bertz CT molecular complexity index is 551. The highest BCUT2D eigenvalue weighted by Gasteiger charge is 2.20. The van der Waals surface area contributed by atoms with Gasteiger partial charge in [-0.3, -0.25) is 0 Å². The van der Waals surface area contributed by atoms with Crippen LogP contribution in [0.4, 0.5) is 0 Å². The molecule has 0 aliphatic rings. The molecule has 0 spiro atoms. The van der Waals surface area contributed by atoms with E-state index in [9.17, 15) is 16.8 Å². The molecule has 1 rings (SSSR count). The van der Waals surface area contributed by atoms with Gasteiger partial charge in [0.25, 0.3) is 10.0 Å². The number of benzene rings is 1. The first-order valence-corrected chi connectivity index (χ1v) is 7.58. The van der Waals surface area contributed by atoms with Crippen molar-refractivity contribution in [3.63, 3.8) is 0 Å². The van der Waals surface area contributed by atoms with E-state index in [2.05, 4.69) is 0 Å². The van der Waals surface area contributed by atoms with E-state index in [0.717, 1.165) is 13.3 Å². The molecule has 0 aliphatic carbocycles. The number of sulfonamides is 2. The van der Waals surface area contributed by atoms with Crippen LogP contribution in [-0.4, -0.2) is 34.6 Å². The second-order valence-corrected chi connectivity index (χ2v) is 6.81. The molecule has 1 aromatic carbocycles. The molecule has 1 N–H and O–H groups in total. The maximum atomic E-state index is 11.7. The SMILES string of the molecule is CN(NS(=O)(=O)c1ccccc1)S(C)(=O)=O. The Kier molecular flexibility index (Phi) is 3.68. The number of hydrogen-bond donors (Lipinski definition) is 1. The van der Waals surface area contributed by atoms with E-state index in [4.69, 9.17) is 0 Å². The quantitative estimate of drug-likeness (QED) is 0.761. The van der Waals surface area contributed by atoms with Crippen molar-refractivity contribution in [3.8, 4) is 0 Å². The van der Waals surface area contributed by atoms with Crippen LogP contribution in [-0.2, 0) is 20.0 Å². The molecule has 90 valence electrons. The van der Waals surface area contributed by atoms with Crippen LogP contribution in [0.2, 0.25) is 0 Å². The van der Waals surface area contributed by atoms with Crippen molar-refractivity contribution in [3.05, 3.63) is 30.3 Å². The summed E-state index contributed by atoms with van der Waals surface area (Å²) in [4.78, 5) is 1.94. The number of nitrogens with one attached hydrogen (secondary N) is 1. The molecule has 0 radical (unpaired) electrons. The molecular weight excluding hydrogens is 252 g/mol. The lowest BCUT2D eigenvalue weighted by atomic mass is 10.4. The molecule has 0 saturated carbocycles. The average molecular weight is 264 g/mol. The molecule has 0 amide bonds. The standard InChI is InChI=1S/C8H12N2O4S2/c1-10(15(2,11)12)9-16(13,14)8-6-4-3-5-7-8/h3-7,9H,1-2H3. The Morgan fingerprint density at radius 2 is 1.56 bits per heavy atom. The molecule has 0 bridgehead atoms. The summed E-state index contributed by atoms with van der Waals surface area (Å²) in [7, 11) is -6.33. The van der Waals surface area contributed by atoms with Crippen molar-refractivity contribution in [2.45, 2.75) is 4.90 Å². The lowest BCUT2D eigenvalue weighted by molar-refractivity contribution is 0.436. The summed E-state index contributed by atoms with van der Waals surface area (Å²) in [5.74, 6) is 0. The van der Waals surface area contributed by atoms with Crippen molar-refractivity contribution >= 4 is 20.0 Å². The minimum absolute atomic E-state index is 0.00509. The highest BCUT2D eigenvalue weighted by molar-refractivity contribution is 7.91. The van der Waals surface area contributed by atoms with Gasteiger partial charge in [-0.2, -0.15) is 0 Å².